The monoisotopic (exact) mass is 458 g/mol. The molecule has 3 fully saturated rings. The number of benzene rings is 1. The minimum atomic E-state index is -1.32. The van der Waals surface area contributed by atoms with E-state index in [1.165, 1.54) is 6.92 Å². The van der Waals surface area contributed by atoms with Gasteiger partial charge in [0.25, 0.3) is 0 Å². The first kappa shape index (κ1) is 23.0. The van der Waals surface area contributed by atoms with Crippen molar-refractivity contribution in [1.29, 1.82) is 0 Å². The first-order chi connectivity index (χ1) is 15.7. The minimum absolute atomic E-state index is 0.322. The molecule has 2 heterocycles. The molecule has 4 unspecified atom stereocenters. The third-order valence-corrected chi connectivity index (χ3v) is 8.34. The summed E-state index contributed by atoms with van der Waals surface area (Å²) in [6, 6.07) is 9.73. The Labute approximate surface area is 195 Å². The standard InChI is InChI=1S/C26H34O7/c1-16-15-29-23(19-8-6-5-7-9-19)33-22-21(16)20(32-18(3)27)14-24(4)10-11-25(30-12-13-31-25)17(2)26(22,24)28/h5-9,17,20,22-23,28H,10-15H2,1-4H3/t17?,20?,22-,23?,24?,26-/m0/s1. The van der Waals surface area contributed by atoms with Gasteiger partial charge in [0.15, 0.2) is 12.1 Å². The molecule has 7 heteroatoms. The largest absolute Gasteiger partial charge is 0.458 e. The highest BCUT2D eigenvalue weighted by atomic mass is 16.7. The van der Waals surface area contributed by atoms with E-state index < -0.39 is 35.3 Å². The van der Waals surface area contributed by atoms with Crippen molar-refractivity contribution in [2.45, 2.75) is 76.8 Å². The summed E-state index contributed by atoms with van der Waals surface area (Å²) in [5.41, 5.74) is 0.695. The molecular weight excluding hydrogens is 424 g/mol. The molecule has 4 aliphatic rings. The molecule has 1 spiro atoms. The van der Waals surface area contributed by atoms with Crippen LogP contribution in [0.4, 0.5) is 0 Å². The predicted molar refractivity (Wildman–Crippen MR) is 119 cm³/mol. The van der Waals surface area contributed by atoms with E-state index in [0.29, 0.717) is 39.1 Å². The summed E-state index contributed by atoms with van der Waals surface area (Å²) in [5.74, 6) is -1.56. The fraction of sp³-hybridized carbons (Fsp3) is 0.654. The molecule has 0 bridgehead atoms. The lowest BCUT2D eigenvalue weighted by molar-refractivity contribution is -0.335. The molecule has 1 saturated heterocycles. The maximum atomic E-state index is 12.7. The molecule has 7 nitrogen and oxygen atoms in total. The second-order valence-corrected chi connectivity index (χ2v) is 10.2. The molecule has 1 N–H and O–H groups in total. The predicted octanol–water partition coefficient (Wildman–Crippen LogP) is 3.66. The van der Waals surface area contributed by atoms with Crippen LogP contribution in [0.1, 0.15) is 58.8 Å². The first-order valence-corrected chi connectivity index (χ1v) is 11.9. The summed E-state index contributed by atoms with van der Waals surface area (Å²) in [4.78, 5) is 12.1. The number of carbonyl (C=O) groups is 1. The van der Waals surface area contributed by atoms with Crippen molar-refractivity contribution in [3.8, 4) is 0 Å². The third-order valence-electron chi connectivity index (χ3n) is 8.34. The number of rotatable bonds is 2. The lowest BCUT2D eigenvalue weighted by Gasteiger charge is -2.63. The van der Waals surface area contributed by atoms with Crippen LogP contribution in [-0.2, 0) is 28.5 Å². The van der Waals surface area contributed by atoms with Crippen LogP contribution in [-0.4, -0.2) is 54.5 Å². The molecule has 5 rings (SSSR count). The normalized spacial score (nSPS) is 40.2. The van der Waals surface area contributed by atoms with Gasteiger partial charge < -0.3 is 28.8 Å². The van der Waals surface area contributed by atoms with E-state index >= 15 is 0 Å². The van der Waals surface area contributed by atoms with Crippen LogP contribution in [0.25, 0.3) is 0 Å². The number of fused-ring (bicyclic) bond motifs is 3. The van der Waals surface area contributed by atoms with Crippen LogP contribution in [0.15, 0.2) is 41.5 Å². The molecule has 2 aliphatic heterocycles. The van der Waals surface area contributed by atoms with Gasteiger partial charge in [-0.25, -0.2) is 0 Å². The summed E-state index contributed by atoms with van der Waals surface area (Å²) in [7, 11) is 0. The smallest absolute Gasteiger partial charge is 0.303 e. The Balaban J connectivity index is 1.63. The number of esters is 1. The van der Waals surface area contributed by atoms with Gasteiger partial charge in [-0.05, 0) is 25.3 Å². The Bertz CT molecular complexity index is 937. The summed E-state index contributed by atoms with van der Waals surface area (Å²) in [5, 5.41) is 12.7. The summed E-state index contributed by atoms with van der Waals surface area (Å²) < 4.78 is 30.9. The van der Waals surface area contributed by atoms with Gasteiger partial charge in [0.2, 0.25) is 0 Å². The second-order valence-electron chi connectivity index (χ2n) is 10.2. The van der Waals surface area contributed by atoms with Crippen LogP contribution >= 0.6 is 0 Å². The van der Waals surface area contributed by atoms with E-state index in [0.717, 1.165) is 16.7 Å². The van der Waals surface area contributed by atoms with E-state index in [9.17, 15) is 9.90 Å². The fourth-order valence-electron chi connectivity index (χ4n) is 6.54. The second kappa shape index (κ2) is 8.17. The van der Waals surface area contributed by atoms with Crippen molar-refractivity contribution >= 4 is 5.97 Å². The Kier molecular flexibility index (Phi) is 5.69. The molecule has 6 atom stereocenters. The van der Waals surface area contributed by atoms with Crippen LogP contribution < -0.4 is 0 Å². The van der Waals surface area contributed by atoms with E-state index in [1.807, 2.05) is 44.2 Å². The van der Waals surface area contributed by atoms with Crippen LogP contribution in [0.5, 0.6) is 0 Å². The molecule has 180 valence electrons. The van der Waals surface area contributed by atoms with E-state index in [2.05, 4.69) is 6.92 Å². The third kappa shape index (κ3) is 3.48. The van der Waals surface area contributed by atoms with Crippen LogP contribution in [0.3, 0.4) is 0 Å². The fourth-order valence-corrected chi connectivity index (χ4v) is 6.54. The summed E-state index contributed by atoms with van der Waals surface area (Å²) >= 11 is 0. The van der Waals surface area contributed by atoms with Crippen molar-refractivity contribution in [2.75, 3.05) is 19.8 Å². The molecule has 1 aromatic rings. The molecule has 1 aromatic carbocycles. The van der Waals surface area contributed by atoms with Gasteiger partial charge in [-0.1, -0.05) is 44.2 Å². The molecule has 2 saturated carbocycles. The lowest BCUT2D eigenvalue weighted by Crippen LogP contribution is -2.72. The average Bonchev–Trinajstić information content (AvgIpc) is 3.19. The van der Waals surface area contributed by atoms with E-state index in [1.54, 1.807) is 0 Å². The number of ether oxygens (including phenoxy) is 5. The quantitative estimate of drug-likeness (QED) is 0.535. The molecule has 2 aliphatic carbocycles. The Morgan fingerprint density at radius 3 is 2.52 bits per heavy atom. The van der Waals surface area contributed by atoms with Gasteiger partial charge in [0, 0.05) is 35.8 Å². The van der Waals surface area contributed by atoms with Gasteiger partial charge in [-0.15, -0.1) is 0 Å². The molecule has 0 amide bonds. The van der Waals surface area contributed by atoms with Crippen molar-refractivity contribution in [3.05, 3.63) is 47.0 Å². The summed E-state index contributed by atoms with van der Waals surface area (Å²) in [6.07, 6.45) is -0.0524. The molecule has 33 heavy (non-hydrogen) atoms. The highest BCUT2D eigenvalue weighted by Gasteiger charge is 2.70. The highest BCUT2D eigenvalue weighted by Crippen LogP contribution is 2.62. The van der Waals surface area contributed by atoms with Gasteiger partial charge in [-0.3, -0.25) is 4.79 Å². The summed E-state index contributed by atoms with van der Waals surface area (Å²) in [6.45, 7) is 8.80. The zero-order valence-corrected chi connectivity index (χ0v) is 19.8. The SMILES string of the molecule is CC(=O)OC1CC2(C)CCC3(OCCO3)C(C)[C@]2(O)[C@H]2OC(c3ccccc3)OCC(C)=C12. The number of hydrogen-bond donors (Lipinski definition) is 1. The van der Waals surface area contributed by atoms with Crippen molar-refractivity contribution in [1.82, 2.24) is 0 Å². The Morgan fingerprint density at radius 2 is 1.85 bits per heavy atom. The number of hydrogen-bond acceptors (Lipinski definition) is 7. The molecule has 0 radical (unpaired) electrons. The van der Waals surface area contributed by atoms with Gasteiger partial charge in [0.1, 0.15) is 17.8 Å². The van der Waals surface area contributed by atoms with E-state index in [4.69, 9.17) is 23.7 Å². The van der Waals surface area contributed by atoms with Gasteiger partial charge in [0.05, 0.1) is 19.8 Å². The first-order valence-electron chi connectivity index (χ1n) is 11.9. The number of carbonyl (C=O) groups excluding carboxylic acids is 1. The molecule has 0 aromatic heterocycles. The molecular formula is C26H34O7. The zero-order valence-electron chi connectivity index (χ0n) is 19.8. The highest BCUT2D eigenvalue weighted by molar-refractivity contribution is 5.66. The van der Waals surface area contributed by atoms with Crippen molar-refractivity contribution < 1.29 is 33.6 Å². The Morgan fingerprint density at radius 1 is 1.15 bits per heavy atom. The lowest BCUT2D eigenvalue weighted by atomic mass is 9.49. The van der Waals surface area contributed by atoms with Crippen LogP contribution in [0, 0.1) is 11.3 Å². The zero-order chi connectivity index (χ0) is 23.4. The van der Waals surface area contributed by atoms with Crippen LogP contribution in [0.2, 0.25) is 0 Å². The van der Waals surface area contributed by atoms with E-state index in [-0.39, 0.29) is 11.9 Å². The average molecular weight is 459 g/mol. The topological polar surface area (TPSA) is 83.5 Å². The number of aliphatic hydroxyl groups is 1. The van der Waals surface area contributed by atoms with Gasteiger partial charge in [-0.2, -0.15) is 0 Å². The maximum absolute atomic E-state index is 12.7. The maximum Gasteiger partial charge on any atom is 0.303 e. The van der Waals surface area contributed by atoms with Crippen molar-refractivity contribution in [2.24, 2.45) is 11.3 Å². The van der Waals surface area contributed by atoms with Gasteiger partial charge >= 0.3 is 5.97 Å². The minimum Gasteiger partial charge on any atom is -0.458 e. The van der Waals surface area contributed by atoms with Crippen molar-refractivity contribution in [3.63, 3.8) is 0 Å². The Hall–Kier alpha value is -1.77.